The number of nitrogens with zero attached hydrogens (tertiary/aromatic N) is 2. The topological polar surface area (TPSA) is 94.3 Å². The number of hydrogen-bond acceptors (Lipinski definition) is 6. The lowest BCUT2D eigenvalue weighted by molar-refractivity contribution is -0.137. The van der Waals surface area contributed by atoms with Crippen molar-refractivity contribution in [3.63, 3.8) is 0 Å². The number of ether oxygens (including phenoxy) is 1. The Hall–Kier alpha value is -4.21. The number of anilines is 1. The number of amides is 1. The maximum absolute atomic E-state index is 13.2. The number of carbonyl (C=O) groups excluding carboxylic acids is 2. The summed E-state index contributed by atoms with van der Waals surface area (Å²) >= 11 is 0. The quantitative estimate of drug-likeness (QED) is 0.393. The average Bonchev–Trinajstić information content (AvgIpc) is 3.19. The van der Waals surface area contributed by atoms with E-state index in [9.17, 15) is 22.8 Å². The van der Waals surface area contributed by atoms with Crippen molar-refractivity contribution in [1.82, 2.24) is 10.1 Å². The number of esters is 1. The Labute approximate surface area is 191 Å². The maximum atomic E-state index is 13.2. The van der Waals surface area contributed by atoms with E-state index in [2.05, 4.69) is 15.5 Å². The Bertz CT molecular complexity index is 1370. The molecule has 2 aromatic carbocycles. The number of rotatable bonds is 5. The van der Waals surface area contributed by atoms with E-state index >= 15 is 0 Å². The lowest BCUT2D eigenvalue weighted by Crippen LogP contribution is -2.31. The molecule has 0 spiro atoms. The normalized spacial score (nSPS) is 12.4. The molecule has 4 aromatic rings. The van der Waals surface area contributed by atoms with Crippen LogP contribution in [0.25, 0.3) is 22.4 Å². The molecule has 0 aliphatic rings. The van der Waals surface area contributed by atoms with Crippen LogP contribution in [-0.2, 0) is 15.7 Å². The Morgan fingerprint density at radius 1 is 1.06 bits per heavy atom. The number of nitrogens with one attached hydrogen (secondary N) is 1. The monoisotopic (exact) mass is 469 g/mol. The first-order valence-corrected chi connectivity index (χ1v) is 10.2. The van der Waals surface area contributed by atoms with E-state index in [0.717, 1.165) is 12.1 Å². The zero-order chi connectivity index (χ0) is 24.5. The van der Waals surface area contributed by atoms with E-state index in [4.69, 9.17) is 9.26 Å². The maximum Gasteiger partial charge on any atom is 0.418 e. The van der Waals surface area contributed by atoms with Crippen LogP contribution in [0.1, 0.15) is 28.5 Å². The van der Waals surface area contributed by atoms with Crippen LogP contribution in [0.2, 0.25) is 0 Å². The molecule has 0 radical (unpaired) electrons. The standard InChI is InChI=1S/C24H18F3N3O4/c1-13-20-16(12-19(29-22(20)34-30-13)15-8-4-3-5-9-15)23(32)33-14(2)21(31)28-18-11-7-6-10-17(18)24(25,26)27/h3-12,14H,1-2H3,(H,28,31). The molecular weight excluding hydrogens is 451 g/mol. The molecule has 2 heterocycles. The third kappa shape index (κ3) is 4.61. The number of benzene rings is 2. The zero-order valence-electron chi connectivity index (χ0n) is 18.0. The van der Waals surface area contributed by atoms with Gasteiger partial charge in [-0.15, -0.1) is 0 Å². The molecule has 0 saturated heterocycles. The number of aryl methyl sites for hydroxylation is 1. The molecule has 0 fully saturated rings. The second kappa shape index (κ2) is 8.97. The van der Waals surface area contributed by atoms with Gasteiger partial charge in [-0.3, -0.25) is 4.79 Å². The van der Waals surface area contributed by atoms with Crippen molar-refractivity contribution in [1.29, 1.82) is 0 Å². The van der Waals surface area contributed by atoms with Crippen molar-refractivity contribution < 1.29 is 32.0 Å². The summed E-state index contributed by atoms with van der Waals surface area (Å²) < 4.78 is 50.1. The van der Waals surface area contributed by atoms with E-state index in [1.165, 1.54) is 25.1 Å². The predicted octanol–water partition coefficient (Wildman–Crippen LogP) is 5.40. The summed E-state index contributed by atoms with van der Waals surface area (Å²) in [6.45, 7) is 2.89. The molecule has 0 bridgehead atoms. The fraction of sp³-hybridized carbons (Fsp3) is 0.167. The number of alkyl halides is 3. The number of para-hydroxylation sites is 1. The van der Waals surface area contributed by atoms with Crippen LogP contribution < -0.4 is 5.32 Å². The number of carbonyl (C=O) groups is 2. The van der Waals surface area contributed by atoms with E-state index in [1.807, 2.05) is 6.07 Å². The van der Waals surface area contributed by atoms with Gasteiger partial charge in [-0.2, -0.15) is 13.2 Å². The first-order valence-electron chi connectivity index (χ1n) is 10.2. The molecule has 174 valence electrons. The SMILES string of the molecule is Cc1noc2nc(-c3ccccc3)cc(C(=O)OC(C)C(=O)Nc3ccccc3C(F)(F)F)c12. The summed E-state index contributed by atoms with van der Waals surface area (Å²) in [6.07, 6.45) is -6.05. The third-order valence-electron chi connectivity index (χ3n) is 5.05. The number of hydrogen-bond donors (Lipinski definition) is 1. The minimum Gasteiger partial charge on any atom is -0.449 e. The molecule has 1 unspecified atom stereocenters. The highest BCUT2D eigenvalue weighted by Gasteiger charge is 2.34. The van der Waals surface area contributed by atoms with Crippen LogP contribution in [0.15, 0.2) is 65.2 Å². The summed E-state index contributed by atoms with van der Waals surface area (Å²) in [7, 11) is 0. The van der Waals surface area contributed by atoms with E-state index in [1.54, 1.807) is 31.2 Å². The molecule has 0 saturated carbocycles. The lowest BCUT2D eigenvalue weighted by Gasteiger charge is -2.17. The molecule has 1 amide bonds. The van der Waals surface area contributed by atoms with Gasteiger partial charge in [0.15, 0.2) is 6.10 Å². The molecule has 0 aliphatic heterocycles. The third-order valence-corrected chi connectivity index (χ3v) is 5.05. The number of halogens is 3. The lowest BCUT2D eigenvalue weighted by atomic mass is 10.1. The summed E-state index contributed by atoms with van der Waals surface area (Å²) in [5.41, 5.74) is 0.264. The highest BCUT2D eigenvalue weighted by Crippen LogP contribution is 2.34. The summed E-state index contributed by atoms with van der Waals surface area (Å²) in [5.74, 6) is -1.79. The molecule has 7 nitrogen and oxygen atoms in total. The minimum absolute atomic E-state index is 0.0675. The molecule has 0 aliphatic carbocycles. The Morgan fingerprint density at radius 2 is 1.74 bits per heavy atom. The number of aromatic nitrogens is 2. The van der Waals surface area contributed by atoms with Gasteiger partial charge in [0.05, 0.1) is 33.6 Å². The Balaban J connectivity index is 1.60. The van der Waals surface area contributed by atoms with Crippen molar-refractivity contribution in [3.05, 3.63) is 77.5 Å². The summed E-state index contributed by atoms with van der Waals surface area (Å²) in [6, 6.07) is 15.0. The first kappa shape index (κ1) is 23.0. The predicted molar refractivity (Wildman–Crippen MR) is 117 cm³/mol. The van der Waals surface area contributed by atoms with Crippen LogP contribution in [0, 0.1) is 6.92 Å². The van der Waals surface area contributed by atoms with Crippen LogP contribution in [-0.4, -0.2) is 28.1 Å². The molecular formula is C24H18F3N3O4. The number of fused-ring (bicyclic) bond motifs is 1. The van der Waals surface area contributed by atoms with Crippen LogP contribution in [0.5, 0.6) is 0 Å². The highest BCUT2D eigenvalue weighted by atomic mass is 19.4. The van der Waals surface area contributed by atoms with Crippen molar-refractivity contribution in [2.75, 3.05) is 5.32 Å². The smallest absolute Gasteiger partial charge is 0.418 e. The van der Waals surface area contributed by atoms with Crippen molar-refractivity contribution in [3.8, 4) is 11.3 Å². The van der Waals surface area contributed by atoms with Gasteiger partial charge in [-0.1, -0.05) is 47.6 Å². The largest absolute Gasteiger partial charge is 0.449 e. The van der Waals surface area contributed by atoms with Crippen molar-refractivity contribution in [2.24, 2.45) is 0 Å². The highest BCUT2D eigenvalue weighted by molar-refractivity contribution is 6.05. The zero-order valence-corrected chi connectivity index (χ0v) is 18.0. The fourth-order valence-electron chi connectivity index (χ4n) is 3.36. The number of pyridine rings is 1. The van der Waals surface area contributed by atoms with Gasteiger partial charge < -0.3 is 14.6 Å². The first-order chi connectivity index (χ1) is 16.1. The van der Waals surface area contributed by atoms with E-state index < -0.39 is 35.4 Å². The van der Waals surface area contributed by atoms with Gasteiger partial charge >= 0.3 is 12.1 Å². The summed E-state index contributed by atoms with van der Waals surface area (Å²) in [4.78, 5) is 29.9. The Morgan fingerprint density at radius 3 is 2.44 bits per heavy atom. The molecule has 1 N–H and O–H groups in total. The molecule has 34 heavy (non-hydrogen) atoms. The Kier molecular flexibility index (Phi) is 6.06. The van der Waals surface area contributed by atoms with Gasteiger partial charge in [-0.25, -0.2) is 9.78 Å². The average molecular weight is 469 g/mol. The fourth-order valence-corrected chi connectivity index (χ4v) is 3.36. The van der Waals surface area contributed by atoms with Gasteiger partial charge in [0.1, 0.15) is 0 Å². The van der Waals surface area contributed by atoms with Crippen LogP contribution in [0.3, 0.4) is 0 Å². The van der Waals surface area contributed by atoms with Crippen molar-refractivity contribution >= 4 is 28.7 Å². The molecule has 4 rings (SSSR count). The molecule has 1 atom stereocenters. The second-order valence-electron chi connectivity index (χ2n) is 7.45. The second-order valence-corrected chi connectivity index (χ2v) is 7.45. The van der Waals surface area contributed by atoms with E-state index in [0.29, 0.717) is 22.3 Å². The van der Waals surface area contributed by atoms with Gasteiger partial charge in [0.25, 0.3) is 11.6 Å². The molecule has 10 heteroatoms. The van der Waals surface area contributed by atoms with Gasteiger partial charge in [-0.05, 0) is 32.0 Å². The molecule has 2 aromatic heterocycles. The minimum atomic E-state index is -4.66. The van der Waals surface area contributed by atoms with Crippen molar-refractivity contribution in [2.45, 2.75) is 26.1 Å². The van der Waals surface area contributed by atoms with Gasteiger partial charge in [0, 0.05) is 5.56 Å². The van der Waals surface area contributed by atoms with Crippen LogP contribution in [0.4, 0.5) is 18.9 Å². The van der Waals surface area contributed by atoms with E-state index in [-0.39, 0.29) is 11.3 Å². The van der Waals surface area contributed by atoms with Gasteiger partial charge in [0.2, 0.25) is 0 Å². The summed E-state index contributed by atoms with van der Waals surface area (Å²) in [5, 5.41) is 6.34. The van der Waals surface area contributed by atoms with Crippen LogP contribution >= 0.6 is 0 Å².